The summed E-state index contributed by atoms with van der Waals surface area (Å²) in [6.07, 6.45) is -4.10. The van der Waals surface area contributed by atoms with E-state index in [0.717, 1.165) is 17.3 Å². The Morgan fingerprint density at radius 3 is 2.50 bits per heavy atom. The van der Waals surface area contributed by atoms with Gasteiger partial charge in [-0.1, -0.05) is 17.7 Å². The van der Waals surface area contributed by atoms with Gasteiger partial charge in [-0.3, -0.25) is 14.2 Å². The molecular weight excluding hydrogens is 497 g/mol. The molecule has 1 amide bonds. The Hall–Kier alpha value is -3.05. The lowest BCUT2D eigenvalue weighted by molar-refractivity contribution is -0.141. The van der Waals surface area contributed by atoms with Crippen molar-refractivity contribution >= 4 is 23.2 Å². The van der Waals surface area contributed by atoms with Crippen LogP contribution in [0.15, 0.2) is 24.3 Å². The molecule has 1 fully saturated rings. The summed E-state index contributed by atoms with van der Waals surface area (Å²) in [5.41, 5.74) is 2.63. The molecule has 8 nitrogen and oxygen atoms in total. The SMILES string of the molecule is C[C@H]1c2nn(C)c(-c3cc(C(F)(F)F)nn3C)c2CCN1C(=O)c1cccc(N2CCOCC2)c1Cl. The fourth-order valence-corrected chi connectivity index (χ4v) is 5.38. The summed E-state index contributed by atoms with van der Waals surface area (Å²) in [5, 5.41) is 8.65. The smallest absolute Gasteiger partial charge is 0.378 e. The highest BCUT2D eigenvalue weighted by atomic mass is 35.5. The summed E-state index contributed by atoms with van der Waals surface area (Å²) in [6, 6.07) is 6.09. The molecule has 0 unspecified atom stereocenters. The Balaban J connectivity index is 1.46. The molecule has 0 saturated carbocycles. The molecule has 5 rings (SSSR count). The van der Waals surface area contributed by atoms with Gasteiger partial charge in [0, 0.05) is 39.3 Å². The van der Waals surface area contributed by atoms with Crippen LogP contribution in [0.25, 0.3) is 11.4 Å². The van der Waals surface area contributed by atoms with E-state index in [0.29, 0.717) is 66.9 Å². The van der Waals surface area contributed by atoms with Gasteiger partial charge in [-0.25, -0.2) is 0 Å². The summed E-state index contributed by atoms with van der Waals surface area (Å²) >= 11 is 6.72. The standard InChI is InChI=1S/C24H26ClF3N6O2/c1-14-21-16(22(32(3)30-21)18-13-19(24(26,27)28)29-31(18)2)7-8-34(14)23(35)15-5-4-6-17(20(15)25)33-9-11-36-12-10-33/h4-6,13-14H,7-12H2,1-3H3/t14-/m0/s1. The zero-order valence-electron chi connectivity index (χ0n) is 20.1. The van der Waals surface area contributed by atoms with Gasteiger partial charge >= 0.3 is 6.18 Å². The van der Waals surface area contributed by atoms with E-state index in [1.54, 1.807) is 22.7 Å². The Morgan fingerprint density at radius 1 is 1.11 bits per heavy atom. The highest BCUT2D eigenvalue weighted by molar-refractivity contribution is 6.36. The molecule has 3 aromatic rings. The summed E-state index contributed by atoms with van der Waals surface area (Å²) in [6.45, 7) is 4.85. The number of anilines is 1. The molecule has 4 heterocycles. The van der Waals surface area contributed by atoms with Crippen molar-refractivity contribution in [1.82, 2.24) is 24.5 Å². The number of carbonyl (C=O) groups excluding carboxylic acids is 1. The molecule has 192 valence electrons. The number of aryl methyl sites for hydroxylation is 2. The van der Waals surface area contributed by atoms with Crippen molar-refractivity contribution < 1.29 is 22.7 Å². The molecule has 0 aliphatic carbocycles. The number of alkyl halides is 3. The quantitative estimate of drug-likeness (QED) is 0.518. The molecule has 2 aliphatic heterocycles. The molecular formula is C24H26ClF3N6O2. The van der Waals surface area contributed by atoms with Crippen LogP contribution < -0.4 is 4.90 Å². The van der Waals surface area contributed by atoms with Crippen LogP contribution in [0.4, 0.5) is 18.9 Å². The topological polar surface area (TPSA) is 68.4 Å². The first-order valence-corrected chi connectivity index (χ1v) is 12.0. The lowest BCUT2D eigenvalue weighted by atomic mass is 9.96. The Bertz CT molecular complexity index is 1310. The molecule has 1 atom stereocenters. The zero-order chi connectivity index (χ0) is 25.8. The minimum atomic E-state index is -4.54. The summed E-state index contributed by atoms with van der Waals surface area (Å²) in [5.74, 6) is -0.208. The van der Waals surface area contributed by atoms with Gasteiger partial charge in [-0.05, 0) is 31.5 Å². The van der Waals surface area contributed by atoms with Gasteiger partial charge in [0.2, 0.25) is 0 Å². The number of ether oxygens (including phenoxy) is 1. The second-order valence-corrected chi connectivity index (χ2v) is 9.41. The largest absolute Gasteiger partial charge is 0.435 e. The second kappa shape index (κ2) is 9.11. The van der Waals surface area contributed by atoms with Crippen molar-refractivity contribution in [2.45, 2.75) is 25.6 Å². The first-order chi connectivity index (χ1) is 17.1. The van der Waals surface area contributed by atoms with Crippen molar-refractivity contribution in [3.05, 3.63) is 51.8 Å². The maximum absolute atomic E-state index is 13.6. The number of benzene rings is 1. The molecule has 1 saturated heterocycles. The third-order valence-electron chi connectivity index (χ3n) is 6.88. The van der Waals surface area contributed by atoms with E-state index in [1.807, 2.05) is 19.1 Å². The average Bonchev–Trinajstić information content (AvgIpc) is 3.39. The number of hydrogen-bond acceptors (Lipinski definition) is 5. The van der Waals surface area contributed by atoms with Gasteiger partial charge < -0.3 is 14.5 Å². The number of rotatable bonds is 3. The van der Waals surface area contributed by atoms with E-state index in [4.69, 9.17) is 16.3 Å². The number of nitrogens with zero attached hydrogens (tertiary/aromatic N) is 6. The van der Waals surface area contributed by atoms with Crippen LogP contribution >= 0.6 is 11.6 Å². The number of amides is 1. The first kappa shape index (κ1) is 24.6. The maximum Gasteiger partial charge on any atom is 0.435 e. The molecule has 2 aliphatic rings. The van der Waals surface area contributed by atoms with Crippen LogP contribution in [-0.2, 0) is 31.4 Å². The normalized spacial score (nSPS) is 18.5. The van der Waals surface area contributed by atoms with E-state index in [-0.39, 0.29) is 11.9 Å². The minimum absolute atomic E-state index is 0.208. The van der Waals surface area contributed by atoms with Gasteiger partial charge in [0.15, 0.2) is 5.69 Å². The van der Waals surface area contributed by atoms with E-state index < -0.39 is 11.9 Å². The predicted molar refractivity (Wildman–Crippen MR) is 128 cm³/mol. The van der Waals surface area contributed by atoms with E-state index in [2.05, 4.69) is 15.1 Å². The molecule has 12 heteroatoms. The third kappa shape index (κ3) is 4.13. The lowest BCUT2D eigenvalue weighted by Gasteiger charge is -2.34. The number of morpholine rings is 1. The van der Waals surface area contributed by atoms with E-state index in [1.165, 1.54) is 11.7 Å². The van der Waals surface area contributed by atoms with E-state index >= 15 is 0 Å². The highest BCUT2D eigenvalue weighted by Crippen LogP contribution is 2.39. The Labute approximate surface area is 211 Å². The fourth-order valence-electron chi connectivity index (χ4n) is 5.06. The van der Waals surface area contributed by atoms with Crippen LogP contribution in [0.5, 0.6) is 0 Å². The third-order valence-corrected chi connectivity index (χ3v) is 7.27. The average molecular weight is 523 g/mol. The fraction of sp³-hybridized carbons (Fsp3) is 0.458. The van der Waals surface area contributed by atoms with Crippen LogP contribution in [0, 0.1) is 0 Å². The molecule has 0 radical (unpaired) electrons. The molecule has 0 N–H and O–H groups in total. The number of fused-ring (bicyclic) bond motifs is 1. The van der Waals surface area contributed by atoms with Crippen molar-refractivity contribution in [3.63, 3.8) is 0 Å². The molecule has 36 heavy (non-hydrogen) atoms. The monoisotopic (exact) mass is 522 g/mol. The van der Waals surface area contributed by atoms with Crippen LogP contribution in [0.2, 0.25) is 5.02 Å². The van der Waals surface area contributed by atoms with E-state index in [9.17, 15) is 18.0 Å². The van der Waals surface area contributed by atoms with Gasteiger partial charge in [-0.2, -0.15) is 23.4 Å². The zero-order valence-corrected chi connectivity index (χ0v) is 20.9. The van der Waals surface area contributed by atoms with Gasteiger partial charge in [-0.15, -0.1) is 0 Å². The molecule has 2 aromatic heterocycles. The Morgan fingerprint density at radius 2 is 1.83 bits per heavy atom. The van der Waals surface area contributed by atoms with Crippen LogP contribution in [-0.4, -0.2) is 63.2 Å². The summed E-state index contributed by atoms with van der Waals surface area (Å²) < 4.78 is 47.9. The lowest BCUT2D eigenvalue weighted by Crippen LogP contribution is -2.39. The van der Waals surface area contributed by atoms with Crippen molar-refractivity contribution in [3.8, 4) is 11.4 Å². The summed E-state index contributed by atoms with van der Waals surface area (Å²) in [4.78, 5) is 17.5. The maximum atomic E-state index is 13.6. The van der Waals surface area contributed by atoms with Crippen molar-refractivity contribution in [2.24, 2.45) is 14.1 Å². The number of halogens is 4. The molecule has 1 aromatic carbocycles. The molecule has 0 bridgehead atoms. The van der Waals surface area contributed by atoms with Gasteiger partial charge in [0.1, 0.15) is 0 Å². The Kier molecular flexibility index (Phi) is 6.24. The van der Waals surface area contributed by atoms with Gasteiger partial charge in [0.25, 0.3) is 5.91 Å². The minimum Gasteiger partial charge on any atom is -0.378 e. The number of aromatic nitrogens is 4. The summed E-state index contributed by atoms with van der Waals surface area (Å²) in [7, 11) is 3.17. The number of hydrogen-bond donors (Lipinski definition) is 0. The predicted octanol–water partition coefficient (Wildman–Crippen LogP) is 4.09. The molecule has 0 spiro atoms. The van der Waals surface area contributed by atoms with Crippen LogP contribution in [0.1, 0.15) is 40.3 Å². The highest BCUT2D eigenvalue weighted by Gasteiger charge is 2.38. The van der Waals surface area contributed by atoms with Crippen LogP contribution in [0.3, 0.4) is 0 Å². The first-order valence-electron chi connectivity index (χ1n) is 11.7. The number of carbonyl (C=O) groups is 1. The van der Waals surface area contributed by atoms with Crippen molar-refractivity contribution in [2.75, 3.05) is 37.7 Å². The van der Waals surface area contributed by atoms with Gasteiger partial charge in [0.05, 0.1) is 52.6 Å². The van der Waals surface area contributed by atoms with Crippen molar-refractivity contribution in [1.29, 1.82) is 0 Å². The second-order valence-electron chi connectivity index (χ2n) is 9.03.